The normalized spacial score (nSPS) is 28.3. The molecule has 0 aliphatic heterocycles. The largest absolute Gasteiger partial charge is 0.327 e. The SMILES string of the molecule is CCCC1CCC(N)C(Cc2cccc(F)c2)C1. The van der Waals surface area contributed by atoms with E-state index in [0.717, 1.165) is 24.3 Å². The first-order chi connectivity index (χ1) is 8.69. The maximum atomic E-state index is 13.2. The molecular weight excluding hydrogens is 225 g/mol. The number of nitrogens with two attached hydrogens (primary N) is 1. The van der Waals surface area contributed by atoms with Crippen LogP contribution in [0.15, 0.2) is 24.3 Å². The van der Waals surface area contributed by atoms with Crippen LogP contribution in [-0.4, -0.2) is 6.04 Å². The molecule has 1 nitrogen and oxygen atoms in total. The Morgan fingerprint density at radius 2 is 2.17 bits per heavy atom. The third-order valence-electron chi connectivity index (χ3n) is 4.23. The van der Waals surface area contributed by atoms with Gasteiger partial charge in [0.05, 0.1) is 0 Å². The molecule has 2 N–H and O–H groups in total. The van der Waals surface area contributed by atoms with E-state index < -0.39 is 0 Å². The molecule has 0 aromatic heterocycles. The van der Waals surface area contributed by atoms with Crippen molar-refractivity contribution in [3.8, 4) is 0 Å². The van der Waals surface area contributed by atoms with Gasteiger partial charge in [-0.25, -0.2) is 4.39 Å². The molecular formula is C16H24FN. The number of hydrogen-bond acceptors (Lipinski definition) is 1. The van der Waals surface area contributed by atoms with E-state index in [4.69, 9.17) is 5.73 Å². The van der Waals surface area contributed by atoms with Crippen LogP contribution in [0.3, 0.4) is 0 Å². The summed E-state index contributed by atoms with van der Waals surface area (Å²) in [6.07, 6.45) is 7.11. The molecule has 3 atom stereocenters. The van der Waals surface area contributed by atoms with Crippen LogP contribution in [-0.2, 0) is 6.42 Å². The summed E-state index contributed by atoms with van der Waals surface area (Å²) < 4.78 is 13.2. The van der Waals surface area contributed by atoms with E-state index in [0.29, 0.717) is 12.0 Å². The minimum atomic E-state index is -0.137. The van der Waals surface area contributed by atoms with Gasteiger partial charge in [0.15, 0.2) is 0 Å². The van der Waals surface area contributed by atoms with Crippen LogP contribution >= 0.6 is 0 Å². The van der Waals surface area contributed by atoms with Crippen molar-refractivity contribution in [3.63, 3.8) is 0 Å². The molecule has 1 aliphatic rings. The molecule has 1 aromatic carbocycles. The predicted molar refractivity (Wildman–Crippen MR) is 73.8 cm³/mol. The van der Waals surface area contributed by atoms with Crippen molar-refractivity contribution in [1.82, 2.24) is 0 Å². The van der Waals surface area contributed by atoms with Crippen molar-refractivity contribution in [1.29, 1.82) is 0 Å². The Hall–Kier alpha value is -0.890. The van der Waals surface area contributed by atoms with Gasteiger partial charge < -0.3 is 5.73 Å². The highest BCUT2D eigenvalue weighted by molar-refractivity contribution is 5.17. The summed E-state index contributed by atoms with van der Waals surface area (Å²) in [7, 11) is 0. The Labute approximate surface area is 110 Å². The van der Waals surface area contributed by atoms with Crippen LogP contribution in [0.25, 0.3) is 0 Å². The van der Waals surface area contributed by atoms with Crippen LogP contribution in [0, 0.1) is 17.7 Å². The molecule has 0 spiro atoms. The minimum absolute atomic E-state index is 0.137. The average Bonchev–Trinajstić information content (AvgIpc) is 2.34. The highest BCUT2D eigenvalue weighted by Gasteiger charge is 2.27. The second-order valence-electron chi connectivity index (χ2n) is 5.73. The zero-order chi connectivity index (χ0) is 13.0. The van der Waals surface area contributed by atoms with Crippen molar-refractivity contribution < 1.29 is 4.39 Å². The van der Waals surface area contributed by atoms with Gasteiger partial charge in [-0.05, 0) is 55.2 Å². The summed E-state index contributed by atoms with van der Waals surface area (Å²) in [6, 6.07) is 7.25. The third kappa shape index (κ3) is 3.55. The van der Waals surface area contributed by atoms with Crippen LogP contribution in [0.5, 0.6) is 0 Å². The molecule has 1 aromatic rings. The Morgan fingerprint density at radius 3 is 2.89 bits per heavy atom. The van der Waals surface area contributed by atoms with E-state index in [2.05, 4.69) is 6.92 Å². The standard InChI is InChI=1S/C16H24FN/c1-2-4-12-7-8-16(18)14(9-12)10-13-5-3-6-15(17)11-13/h3,5-6,11-12,14,16H,2,4,7-10,18H2,1H3. The molecule has 2 heteroatoms. The lowest BCUT2D eigenvalue weighted by Gasteiger charge is -2.34. The topological polar surface area (TPSA) is 26.0 Å². The number of rotatable bonds is 4. The van der Waals surface area contributed by atoms with Crippen LogP contribution in [0.1, 0.15) is 44.6 Å². The van der Waals surface area contributed by atoms with Gasteiger partial charge in [-0.15, -0.1) is 0 Å². The smallest absolute Gasteiger partial charge is 0.123 e. The Kier molecular flexibility index (Phi) is 4.76. The van der Waals surface area contributed by atoms with Gasteiger partial charge in [-0.1, -0.05) is 31.9 Å². The highest BCUT2D eigenvalue weighted by Crippen LogP contribution is 2.33. The molecule has 3 unspecified atom stereocenters. The Bertz CT molecular complexity index is 377. The van der Waals surface area contributed by atoms with Gasteiger partial charge in [0.2, 0.25) is 0 Å². The lowest BCUT2D eigenvalue weighted by Crippen LogP contribution is -2.37. The average molecular weight is 249 g/mol. The summed E-state index contributed by atoms with van der Waals surface area (Å²) in [5.41, 5.74) is 7.32. The van der Waals surface area contributed by atoms with E-state index in [1.54, 1.807) is 12.1 Å². The van der Waals surface area contributed by atoms with Crippen molar-refractivity contribution in [2.75, 3.05) is 0 Å². The first-order valence-corrected chi connectivity index (χ1v) is 7.19. The fourth-order valence-electron chi connectivity index (χ4n) is 3.26. The monoisotopic (exact) mass is 249 g/mol. The molecule has 0 heterocycles. The molecule has 1 fully saturated rings. The lowest BCUT2D eigenvalue weighted by molar-refractivity contribution is 0.221. The molecule has 18 heavy (non-hydrogen) atoms. The van der Waals surface area contributed by atoms with Gasteiger partial charge >= 0.3 is 0 Å². The van der Waals surface area contributed by atoms with E-state index >= 15 is 0 Å². The van der Waals surface area contributed by atoms with E-state index in [-0.39, 0.29) is 5.82 Å². The molecule has 100 valence electrons. The summed E-state index contributed by atoms with van der Waals surface area (Å²) >= 11 is 0. The van der Waals surface area contributed by atoms with Crippen molar-refractivity contribution in [2.45, 2.75) is 51.5 Å². The van der Waals surface area contributed by atoms with Gasteiger partial charge in [-0.2, -0.15) is 0 Å². The van der Waals surface area contributed by atoms with E-state index in [9.17, 15) is 4.39 Å². The molecule has 0 bridgehead atoms. The second-order valence-corrected chi connectivity index (χ2v) is 5.73. The fourth-order valence-corrected chi connectivity index (χ4v) is 3.26. The van der Waals surface area contributed by atoms with Gasteiger partial charge in [0.25, 0.3) is 0 Å². The second kappa shape index (κ2) is 6.33. The van der Waals surface area contributed by atoms with E-state index in [1.807, 2.05) is 6.07 Å². The highest BCUT2D eigenvalue weighted by atomic mass is 19.1. The van der Waals surface area contributed by atoms with Crippen molar-refractivity contribution >= 4 is 0 Å². The number of hydrogen-bond donors (Lipinski definition) is 1. The molecule has 1 saturated carbocycles. The van der Waals surface area contributed by atoms with Crippen LogP contribution < -0.4 is 5.73 Å². The van der Waals surface area contributed by atoms with Crippen molar-refractivity contribution in [2.24, 2.45) is 17.6 Å². The maximum absolute atomic E-state index is 13.2. The molecule has 2 rings (SSSR count). The lowest BCUT2D eigenvalue weighted by atomic mass is 9.74. The minimum Gasteiger partial charge on any atom is -0.327 e. The van der Waals surface area contributed by atoms with Crippen molar-refractivity contribution in [3.05, 3.63) is 35.6 Å². The van der Waals surface area contributed by atoms with Crippen LogP contribution in [0.4, 0.5) is 4.39 Å². The number of halogens is 1. The first kappa shape index (κ1) is 13.5. The van der Waals surface area contributed by atoms with Gasteiger partial charge in [-0.3, -0.25) is 0 Å². The number of benzene rings is 1. The molecule has 1 aliphatic carbocycles. The van der Waals surface area contributed by atoms with Gasteiger partial charge in [0, 0.05) is 6.04 Å². The Balaban J connectivity index is 1.98. The summed E-state index contributed by atoms with van der Waals surface area (Å²) in [6.45, 7) is 2.25. The Morgan fingerprint density at radius 1 is 1.33 bits per heavy atom. The quantitative estimate of drug-likeness (QED) is 0.860. The predicted octanol–water partition coefficient (Wildman–Crippen LogP) is 3.91. The first-order valence-electron chi connectivity index (χ1n) is 7.19. The van der Waals surface area contributed by atoms with E-state index in [1.165, 1.54) is 31.7 Å². The molecule has 0 amide bonds. The summed E-state index contributed by atoms with van der Waals surface area (Å²) in [5.74, 6) is 1.22. The summed E-state index contributed by atoms with van der Waals surface area (Å²) in [4.78, 5) is 0. The zero-order valence-electron chi connectivity index (χ0n) is 11.2. The third-order valence-corrected chi connectivity index (χ3v) is 4.23. The maximum Gasteiger partial charge on any atom is 0.123 e. The fraction of sp³-hybridized carbons (Fsp3) is 0.625. The molecule has 0 radical (unpaired) electrons. The summed E-state index contributed by atoms with van der Waals surface area (Å²) in [5, 5.41) is 0. The zero-order valence-corrected chi connectivity index (χ0v) is 11.2. The van der Waals surface area contributed by atoms with Gasteiger partial charge in [0.1, 0.15) is 5.82 Å². The molecule has 0 saturated heterocycles. The van der Waals surface area contributed by atoms with Crippen LogP contribution in [0.2, 0.25) is 0 Å².